The van der Waals surface area contributed by atoms with Gasteiger partial charge in [0.15, 0.2) is 0 Å². The Morgan fingerprint density at radius 1 is 1.14 bits per heavy atom. The van der Waals surface area contributed by atoms with Crippen LogP contribution in [-0.4, -0.2) is 36.5 Å². The highest BCUT2D eigenvalue weighted by Gasteiger charge is 2.36. The summed E-state index contributed by atoms with van der Waals surface area (Å²) >= 11 is 0. The van der Waals surface area contributed by atoms with E-state index < -0.39 is 0 Å². The van der Waals surface area contributed by atoms with E-state index in [-0.39, 0.29) is 5.92 Å². The molecule has 2 fully saturated rings. The molecule has 0 aromatic rings. The molecule has 2 rings (SSSR count). The first-order valence-corrected chi connectivity index (χ1v) is 8.94. The molecule has 21 heavy (non-hydrogen) atoms. The predicted molar refractivity (Wildman–Crippen MR) is 88.2 cm³/mol. The van der Waals surface area contributed by atoms with Gasteiger partial charge in [0, 0.05) is 25.0 Å². The van der Waals surface area contributed by atoms with E-state index in [1.54, 1.807) is 0 Å². The van der Waals surface area contributed by atoms with Crippen molar-refractivity contribution in [2.75, 3.05) is 19.6 Å². The summed E-state index contributed by atoms with van der Waals surface area (Å²) in [6.07, 6.45) is 6.84. The molecule has 1 aliphatic heterocycles. The third kappa shape index (κ3) is 4.21. The van der Waals surface area contributed by atoms with Crippen LogP contribution in [0.1, 0.15) is 66.2 Å². The number of carbonyl (C=O) groups is 1. The first-order chi connectivity index (χ1) is 9.93. The largest absolute Gasteiger partial charge is 0.338 e. The molecule has 0 bridgehead atoms. The van der Waals surface area contributed by atoms with Gasteiger partial charge in [0.1, 0.15) is 0 Å². The maximum absolute atomic E-state index is 12.9. The van der Waals surface area contributed by atoms with Crippen molar-refractivity contribution in [3.05, 3.63) is 0 Å². The first kappa shape index (κ1) is 16.8. The van der Waals surface area contributed by atoms with Crippen LogP contribution in [0.4, 0.5) is 0 Å². The molecule has 0 radical (unpaired) electrons. The zero-order valence-corrected chi connectivity index (χ0v) is 14.5. The second-order valence-electron chi connectivity index (χ2n) is 8.09. The van der Waals surface area contributed by atoms with Gasteiger partial charge in [-0.1, -0.05) is 27.7 Å². The number of carbonyl (C=O) groups excluding carboxylic acids is 1. The standard InChI is InChI=1S/C18H34N2O/c1-5-12-20(16-10-11-19-13-16)17(21)14-6-8-15(9-7-14)18(2,3)4/h14-16,19H,5-13H2,1-4H3. The van der Waals surface area contributed by atoms with Gasteiger partial charge in [-0.05, 0) is 56.4 Å². The van der Waals surface area contributed by atoms with E-state index in [1.807, 2.05) is 0 Å². The van der Waals surface area contributed by atoms with Crippen LogP contribution in [0, 0.1) is 17.3 Å². The number of nitrogens with zero attached hydrogens (tertiary/aromatic N) is 1. The fourth-order valence-corrected chi connectivity index (χ4v) is 4.06. The van der Waals surface area contributed by atoms with E-state index in [4.69, 9.17) is 0 Å². The Morgan fingerprint density at radius 2 is 1.81 bits per heavy atom. The van der Waals surface area contributed by atoms with Gasteiger partial charge in [-0.2, -0.15) is 0 Å². The van der Waals surface area contributed by atoms with E-state index in [0.717, 1.165) is 51.2 Å². The fourth-order valence-electron chi connectivity index (χ4n) is 4.06. The molecule has 1 unspecified atom stereocenters. The zero-order chi connectivity index (χ0) is 15.5. The second-order valence-corrected chi connectivity index (χ2v) is 8.09. The molecule has 1 atom stereocenters. The first-order valence-electron chi connectivity index (χ1n) is 8.94. The van der Waals surface area contributed by atoms with Crippen molar-refractivity contribution in [3.63, 3.8) is 0 Å². The van der Waals surface area contributed by atoms with Gasteiger partial charge >= 0.3 is 0 Å². The lowest BCUT2D eigenvalue weighted by Gasteiger charge is -2.39. The highest BCUT2D eigenvalue weighted by atomic mass is 16.2. The Hall–Kier alpha value is -0.570. The summed E-state index contributed by atoms with van der Waals surface area (Å²) in [6, 6.07) is 0.442. The van der Waals surface area contributed by atoms with Crippen molar-refractivity contribution in [3.8, 4) is 0 Å². The van der Waals surface area contributed by atoms with E-state index in [9.17, 15) is 4.79 Å². The molecule has 0 aromatic heterocycles. The molecule has 1 saturated carbocycles. The third-order valence-electron chi connectivity index (χ3n) is 5.52. The lowest BCUT2D eigenvalue weighted by molar-refractivity contribution is -0.139. The molecular weight excluding hydrogens is 260 g/mol. The Kier molecular flexibility index (Phi) is 5.70. The van der Waals surface area contributed by atoms with Crippen LogP contribution in [0.15, 0.2) is 0 Å². The number of hydrogen-bond donors (Lipinski definition) is 1. The van der Waals surface area contributed by atoms with Gasteiger partial charge in [-0.25, -0.2) is 0 Å². The van der Waals surface area contributed by atoms with Crippen LogP contribution in [0.25, 0.3) is 0 Å². The molecule has 1 aliphatic carbocycles. The summed E-state index contributed by atoms with van der Waals surface area (Å²) in [5, 5.41) is 3.40. The molecule has 3 nitrogen and oxygen atoms in total. The minimum atomic E-state index is 0.288. The quantitative estimate of drug-likeness (QED) is 0.861. The second kappa shape index (κ2) is 7.13. The SMILES string of the molecule is CCCN(C(=O)C1CCC(C(C)(C)C)CC1)C1CCNC1. The molecule has 0 spiro atoms. The van der Waals surface area contributed by atoms with Crippen molar-refractivity contribution in [2.24, 2.45) is 17.3 Å². The molecule has 1 saturated heterocycles. The van der Waals surface area contributed by atoms with E-state index >= 15 is 0 Å². The molecule has 1 N–H and O–H groups in total. The normalized spacial score (nSPS) is 30.4. The van der Waals surface area contributed by atoms with Gasteiger partial charge in [0.25, 0.3) is 0 Å². The van der Waals surface area contributed by atoms with Gasteiger partial charge in [0.2, 0.25) is 5.91 Å². The molecule has 2 aliphatic rings. The highest BCUT2D eigenvalue weighted by Crippen LogP contribution is 2.40. The maximum Gasteiger partial charge on any atom is 0.225 e. The highest BCUT2D eigenvalue weighted by molar-refractivity contribution is 5.79. The van der Waals surface area contributed by atoms with E-state index in [2.05, 4.69) is 37.9 Å². The smallest absolute Gasteiger partial charge is 0.225 e. The van der Waals surface area contributed by atoms with E-state index in [1.165, 1.54) is 12.8 Å². The van der Waals surface area contributed by atoms with Crippen molar-refractivity contribution in [1.82, 2.24) is 10.2 Å². The summed E-state index contributed by atoms with van der Waals surface area (Å²) in [4.78, 5) is 15.1. The zero-order valence-electron chi connectivity index (χ0n) is 14.5. The third-order valence-corrected chi connectivity index (χ3v) is 5.52. The average molecular weight is 294 g/mol. The molecular formula is C18H34N2O. The Morgan fingerprint density at radius 3 is 2.29 bits per heavy atom. The molecule has 1 amide bonds. The van der Waals surface area contributed by atoms with Crippen molar-refractivity contribution >= 4 is 5.91 Å². The van der Waals surface area contributed by atoms with Gasteiger partial charge in [-0.15, -0.1) is 0 Å². The van der Waals surface area contributed by atoms with Crippen LogP contribution in [0.2, 0.25) is 0 Å². The molecule has 1 heterocycles. The molecule has 122 valence electrons. The van der Waals surface area contributed by atoms with Crippen LogP contribution in [0.5, 0.6) is 0 Å². The minimum Gasteiger partial charge on any atom is -0.338 e. The maximum atomic E-state index is 12.9. The Balaban J connectivity index is 1.92. The lowest BCUT2D eigenvalue weighted by atomic mass is 9.69. The summed E-state index contributed by atoms with van der Waals surface area (Å²) in [6.45, 7) is 12.2. The fraction of sp³-hybridized carbons (Fsp3) is 0.944. The van der Waals surface area contributed by atoms with Crippen molar-refractivity contribution in [1.29, 1.82) is 0 Å². The topological polar surface area (TPSA) is 32.3 Å². The van der Waals surface area contributed by atoms with Crippen LogP contribution >= 0.6 is 0 Å². The van der Waals surface area contributed by atoms with Gasteiger partial charge in [-0.3, -0.25) is 4.79 Å². The van der Waals surface area contributed by atoms with Crippen LogP contribution < -0.4 is 5.32 Å². The van der Waals surface area contributed by atoms with E-state index in [0.29, 0.717) is 17.4 Å². The molecule has 3 heteroatoms. The number of rotatable bonds is 4. The van der Waals surface area contributed by atoms with Crippen LogP contribution in [0.3, 0.4) is 0 Å². The number of nitrogens with one attached hydrogen (secondary N) is 1. The van der Waals surface area contributed by atoms with Crippen molar-refractivity contribution < 1.29 is 4.79 Å². The minimum absolute atomic E-state index is 0.288. The van der Waals surface area contributed by atoms with Gasteiger partial charge < -0.3 is 10.2 Å². The molecule has 0 aromatic carbocycles. The summed E-state index contributed by atoms with van der Waals surface area (Å²) in [7, 11) is 0. The number of amides is 1. The summed E-state index contributed by atoms with van der Waals surface area (Å²) < 4.78 is 0. The lowest BCUT2D eigenvalue weighted by Crippen LogP contribution is -2.46. The monoisotopic (exact) mass is 294 g/mol. The Bertz CT molecular complexity index is 334. The van der Waals surface area contributed by atoms with Crippen molar-refractivity contribution in [2.45, 2.75) is 72.3 Å². The number of hydrogen-bond acceptors (Lipinski definition) is 2. The summed E-state index contributed by atoms with van der Waals surface area (Å²) in [5.74, 6) is 1.52. The van der Waals surface area contributed by atoms with Crippen LogP contribution in [-0.2, 0) is 4.79 Å². The average Bonchev–Trinajstić information content (AvgIpc) is 2.97. The van der Waals surface area contributed by atoms with Gasteiger partial charge in [0.05, 0.1) is 0 Å². The Labute approximate surface area is 130 Å². The predicted octanol–water partition coefficient (Wildman–Crippen LogP) is 3.44. The summed E-state index contributed by atoms with van der Waals surface area (Å²) in [5.41, 5.74) is 0.395.